The summed E-state index contributed by atoms with van der Waals surface area (Å²) < 4.78 is 1.24. The number of aromatic nitrogens is 2. The van der Waals surface area contributed by atoms with Crippen molar-refractivity contribution in [1.82, 2.24) is 9.78 Å². The zero-order chi connectivity index (χ0) is 20.3. The van der Waals surface area contributed by atoms with Crippen molar-refractivity contribution in [2.75, 3.05) is 5.32 Å². The Hall–Kier alpha value is -3.21. The summed E-state index contributed by atoms with van der Waals surface area (Å²) in [6.07, 6.45) is 0. The average Bonchev–Trinajstić information content (AvgIpc) is 2.68. The van der Waals surface area contributed by atoms with E-state index in [1.807, 2.05) is 55.5 Å². The molecule has 1 amide bonds. The van der Waals surface area contributed by atoms with Gasteiger partial charge in [-0.25, -0.2) is 4.68 Å². The minimum Gasteiger partial charge on any atom is -0.324 e. The fourth-order valence-electron chi connectivity index (χ4n) is 3.04. The van der Waals surface area contributed by atoms with Crippen molar-refractivity contribution in [3.05, 3.63) is 82.1 Å². The van der Waals surface area contributed by atoms with Gasteiger partial charge in [-0.3, -0.25) is 9.59 Å². The molecule has 0 bridgehead atoms. The van der Waals surface area contributed by atoms with Gasteiger partial charge in [0.1, 0.15) is 6.04 Å². The number of hydrogen-bond acceptors (Lipinski definition) is 3. The summed E-state index contributed by atoms with van der Waals surface area (Å²) in [5.41, 5.74) is 4.21. The number of anilines is 1. The molecule has 0 saturated carbocycles. The molecule has 1 unspecified atom stereocenters. The molecule has 0 spiro atoms. The third-order valence-electron chi connectivity index (χ3n) is 4.76. The first-order valence-corrected chi connectivity index (χ1v) is 9.43. The van der Waals surface area contributed by atoms with Crippen molar-refractivity contribution < 1.29 is 4.79 Å². The summed E-state index contributed by atoms with van der Waals surface area (Å²) in [5.74, 6) is 0.00118. The molecule has 1 atom stereocenters. The maximum absolute atomic E-state index is 12.8. The zero-order valence-electron chi connectivity index (χ0n) is 16.6. The van der Waals surface area contributed by atoms with Crippen LogP contribution in [0.1, 0.15) is 43.9 Å². The minimum absolute atomic E-state index is 0.274. The van der Waals surface area contributed by atoms with E-state index in [2.05, 4.69) is 24.3 Å². The molecule has 5 heteroatoms. The Morgan fingerprint density at radius 2 is 1.64 bits per heavy atom. The average molecular weight is 375 g/mol. The molecular weight excluding hydrogens is 350 g/mol. The summed E-state index contributed by atoms with van der Waals surface area (Å²) in [6.45, 7) is 7.84. The van der Waals surface area contributed by atoms with Crippen LogP contribution in [0.4, 0.5) is 5.69 Å². The Bertz CT molecular complexity index is 1040. The van der Waals surface area contributed by atoms with Gasteiger partial charge in [0.2, 0.25) is 5.91 Å². The molecule has 5 nitrogen and oxygen atoms in total. The summed E-state index contributed by atoms with van der Waals surface area (Å²) >= 11 is 0. The van der Waals surface area contributed by atoms with Crippen molar-refractivity contribution in [3.63, 3.8) is 0 Å². The van der Waals surface area contributed by atoms with E-state index in [-0.39, 0.29) is 17.4 Å². The van der Waals surface area contributed by atoms with Crippen LogP contribution >= 0.6 is 0 Å². The number of amides is 1. The standard InChI is InChI=1S/C23H25N3O2/c1-15(2)19-7-5-6-8-21(19)24-23(28)17(4)26-22(27)14-13-20(25-26)18-11-9-16(3)10-12-18/h5-15,17H,1-4H3,(H,24,28). The van der Waals surface area contributed by atoms with Gasteiger partial charge in [0.05, 0.1) is 5.69 Å². The first-order valence-electron chi connectivity index (χ1n) is 9.43. The van der Waals surface area contributed by atoms with Crippen molar-refractivity contribution in [3.8, 4) is 11.3 Å². The fourth-order valence-corrected chi connectivity index (χ4v) is 3.04. The molecule has 0 aliphatic heterocycles. The van der Waals surface area contributed by atoms with Crippen molar-refractivity contribution in [2.24, 2.45) is 0 Å². The predicted octanol–water partition coefficient (Wildman–Crippen LogP) is 4.54. The van der Waals surface area contributed by atoms with Crippen LogP contribution in [0.5, 0.6) is 0 Å². The molecule has 144 valence electrons. The Morgan fingerprint density at radius 3 is 2.32 bits per heavy atom. The zero-order valence-corrected chi connectivity index (χ0v) is 16.6. The summed E-state index contributed by atoms with van der Waals surface area (Å²) in [7, 11) is 0. The number of carbonyl (C=O) groups is 1. The van der Waals surface area contributed by atoms with Gasteiger partial charge >= 0.3 is 0 Å². The van der Waals surface area contributed by atoms with E-state index in [0.29, 0.717) is 5.69 Å². The summed E-state index contributed by atoms with van der Waals surface area (Å²) in [5, 5.41) is 7.38. The van der Waals surface area contributed by atoms with Crippen LogP contribution in [-0.4, -0.2) is 15.7 Å². The second-order valence-corrected chi connectivity index (χ2v) is 7.27. The van der Waals surface area contributed by atoms with E-state index in [4.69, 9.17) is 0 Å². The van der Waals surface area contributed by atoms with Gasteiger partial charge in [0.25, 0.3) is 5.56 Å². The Kier molecular flexibility index (Phi) is 5.73. The first-order chi connectivity index (χ1) is 13.4. The predicted molar refractivity (Wildman–Crippen MR) is 113 cm³/mol. The van der Waals surface area contributed by atoms with Gasteiger partial charge in [0, 0.05) is 17.3 Å². The topological polar surface area (TPSA) is 64.0 Å². The lowest BCUT2D eigenvalue weighted by molar-refractivity contribution is -0.119. The third kappa shape index (κ3) is 4.19. The lowest BCUT2D eigenvalue weighted by Gasteiger charge is -2.18. The first kappa shape index (κ1) is 19.5. The molecule has 28 heavy (non-hydrogen) atoms. The molecule has 3 rings (SSSR count). The highest BCUT2D eigenvalue weighted by Crippen LogP contribution is 2.24. The monoisotopic (exact) mass is 375 g/mol. The third-order valence-corrected chi connectivity index (χ3v) is 4.76. The molecular formula is C23H25N3O2. The maximum Gasteiger partial charge on any atom is 0.267 e. The normalized spacial score (nSPS) is 12.0. The van der Waals surface area contributed by atoms with Crippen LogP contribution in [0, 0.1) is 6.92 Å². The van der Waals surface area contributed by atoms with E-state index >= 15 is 0 Å². The van der Waals surface area contributed by atoms with Crippen LogP contribution in [-0.2, 0) is 4.79 Å². The van der Waals surface area contributed by atoms with Crippen molar-refractivity contribution in [1.29, 1.82) is 0 Å². The highest BCUT2D eigenvalue weighted by molar-refractivity contribution is 5.94. The van der Waals surface area contributed by atoms with Crippen LogP contribution in [0.2, 0.25) is 0 Å². The van der Waals surface area contributed by atoms with E-state index in [0.717, 1.165) is 22.4 Å². The van der Waals surface area contributed by atoms with E-state index in [1.165, 1.54) is 10.7 Å². The summed E-state index contributed by atoms with van der Waals surface area (Å²) in [4.78, 5) is 25.2. The molecule has 1 heterocycles. The molecule has 0 aliphatic carbocycles. The van der Waals surface area contributed by atoms with Crippen molar-refractivity contribution in [2.45, 2.75) is 39.7 Å². The Balaban J connectivity index is 1.89. The lowest BCUT2D eigenvalue weighted by Crippen LogP contribution is -2.33. The van der Waals surface area contributed by atoms with Crippen LogP contribution in [0.25, 0.3) is 11.3 Å². The van der Waals surface area contributed by atoms with Crippen LogP contribution in [0.15, 0.2) is 65.5 Å². The molecule has 0 aliphatic rings. The summed E-state index contributed by atoms with van der Waals surface area (Å²) in [6, 6.07) is 18.0. The van der Waals surface area contributed by atoms with Gasteiger partial charge in [-0.2, -0.15) is 5.10 Å². The van der Waals surface area contributed by atoms with Gasteiger partial charge in [-0.15, -0.1) is 0 Å². The van der Waals surface area contributed by atoms with Crippen LogP contribution in [0.3, 0.4) is 0 Å². The number of rotatable bonds is 5. The number of hydrogen-bond donors (Lipinski definition) is 1. The largest absolute Gasteiger partial charge is 0.324 e. The number of carbonyl (C=O) groups excluding carboxylic acids is 1. The van der Waals surface area contributed by atoms with Gasteiger partial charge in [0.15, 0.2) is 0 Å². The number of aryl methyl sites for hydroxylation is 1. The second kappa shape index (κ2) is 8.21. The van der Waals surface area contributed by atoms with Crippen LogP contribution < -0.4 is 10.9 Å². The molecule has 2 aromatic carbocycles. The maximum atomic E-state index is 12.8. The molecule has 0 saturated heterocycles. The number of benzene rings is 2. The lowest BCUT2D eigenvalue weighted by atomic mass is 10.0. The van der Waals surface area contributed by atoms with E-state index in [9.17, 15) is 9.59 Å². The molecule has 0 radical (unpaired) electrons. The van der Waals surface area contributed by atoms with Gasteiger partial charge in [-0.05, 0) is 37.5 Å². The molecule has 0 fully saturated rings. The second-order valence-electron chi connectivity index (χ2n) is 7.27. The van der Waals surface area contributed by atoms with Gasteiger partial charge < -0.3 is 5.32 Å². The van der Waals surface area contributed by atoms with E-state index < -0.39 is 6.04 Å². The smallest absolute Gasteiger partial charge is 0.267 e. The number of nitrogens with one attached hydrogen (secondary N) is 1. The molecule has 1 aromatic heterocycles. The van der Waals surface area contributed by atoms with E-state index in [1.54, 1.807) is 13.0 Å². The molecule has 3 aromatic rings. The number of para-hydroxylation sites is 1. The number of nitrogens with zero attached hydrogens (tertiary/aromatic N) is 2. The highest BCUT2D eigenvalue weighted by Gasteiger charge is 2.19. The Morgan fingerprint density at radius 1 is 0.964 bits per heavy atom. The minimum atomic E-state index is -0.738. The van der Waals surface area contributed by atoms with Crippen molar-refractivity contribution >= 4 is 11.6 Å². The van der Waals surface area contributed by atoms with Gasteiger partial charge in [-0.1, -0.05) is 61.9 Å². The highest BCUT2D eigenvalue weighted by atomic mass is 16.2. The Labute approximate surface area is 165 Å². The fraction of sp³-hybridized carbons (Fsp3) is 0.261. The SMILES string of the molecule is Cc1ccc(-c2ccc(=O)n(C(C)C(=O)Nc3ccccc3C(C)C)n2)cc1. The quantitative estimate of drug-likeness (QED) is 0.712. The molecule has 1 N–H and O–H groups in total.